The highest BCUT2D eigenvalue weighted by atomic mass is 32.1. The summed E-state index contributed by atoms with van der Waals surface area (Å²) in [6, 6.07) is 46.7. The van der Waals surface area contributed by atoms with Gasteiger partial charge in [0, 0.05) is 57.5 Å². The van der Waals surface area contributed by atoms with E-state index in [4.69, 9.17) is 15.0 Å². The molecule has 0 aliphatic carbocycles. The number of rotatable bonds is 3. The molecule has 0 bridgehead atoms. The van der Waals surface area contributed by atoms with Crippen LogP contribution in [0.25, 0.3) is 90.9 Å². The SMILES string of the molecule is c1ccc(-c2nc(-c3ccccc3)nc(-n3c4ccccc4c4c5sc6ccccc6c5c5c6ccccc6sc5c43)n2)cc1. The van der Waals surface area contributed by atoms with Crippen molar-refractivity contribution in [3.05, 3.63) is 133 Å². The number of nitrogens with zero attached hydrogens (tertiary/aromatic N) is 4. The molecular formula is C39H22N4S2. The highest BCUT2D eigenvalue weighted by Gasteiger charge is 2.25. The van der Waals surface area contributed by atoms with Crippen LogP contribution in [0.5, 0.6) is 0 Å². The van der Waals surface area contributed by atoms with E-state index in [9.17, 15) is 0 Å². The van der Waals surface area contributed by atoms with Crippen molar-refractivity contribution in [1.29, 1.82) is 0 Å². The molecule has 6 aromatic carbocycles. The quantitative estimate of drug-likeness (QED) is 0.200. The number of thiophene rings is 2. The lowest BCUT2D eigenvalue weighted by Crippen LogP contribution is -2.06. The first-order valence-corrected chi connectivity index (χ1v) is 16.5. The van der Waals surface area contributed by atoms with Crippen molar-refractivity contribution in [2.24, 2.45) is 0 Å². The lowest BCUT2D eigenvalue weighted by Gasteiger charge is -2.11. The Bertz CT molecular complexity index is 2700. The summed E-state index contributed by atoms with van der Waals surface area (Å²) >= 11 is 3.74. The number of aromatic nitrogens is 4. The fourth-order valence-corrected chi connectivity index (χ4v) is 9.24. The molecule has 6 heteroatoms. The number of hydrogen-bond donors (Lipinski definition) is 0. The van der Waals surface area contributed by atoms with Crippen LogP contribution in [0.3, 0.4) is 0 Å². The largest absolute Gasteiger partial charge is 0.276 e. The zero-order chi connectivity index (χ0) is 29.5. The van der Waals surface area contributed by atoms with Gasteiger partial charge in [0.2, 0.25) is 5.95 Å². The van der Waals surface area contributed by atoms with Crippen molar-refractivity contribution in [3.8, 4) is 28.7 Å². The molecule has 0 amide bonds. The average Bonchev–Trinajstić information content (AvgIpc) is 3.78. The predicted octanol–water partition coefficient (Wildman–Crippen LogP) is 11.0. The summed E-state index contributed by atoms with van der Waals surface area (Å²) in [5.74, 6) is 1.93. The van der Waals surface area contributed by atoms with Crippen LogP contribution in [0.2, 0.25) is 0 Å². The summed E-state index contributed by atoms with van der Waals surface area (Å²) in [5.41, 5.74) is 4.15. The highest BCUT2D eigenvalue weighted by molar-refractivity contribution is 7.29. The number of hydrogen-bond acceptors (Lipinski definition) is 5. The van der Waals surface area contributed by atoms with Crippen LogP contribution in [-0.2, 0) is 0 Å². The molecule has 0 saturated carbocycles. The highest BCUT2D eigenvalue weighted by Crippen LogP contribution is 2.51. The molecule has 4 nitrogen and oxygen atoms in total. The summed E-state index contributed by atoms with van der Waals surface area (Å²) in [6.07, 6.45) is 0. The maximum absolute atomic E-state index is 5.20. The van der Waals surface area contributed by atoms with Crippen molar-refractivity contribution in [1.82, 2.24) is 19.5 Å². The van der Waals surface area contributed by atoms with Gasteiger partial charge in [-0.25, -0.2) is 4.98 Å². The zero-order valence-electron chi connectivity index (χ0n) is 23.8. The Morgan fingerprint density at radius 3 is 1.53 bits per heavy atom. The number of benzene rings is 6. The molecule has 4 aromatic heterocycles. The lowest BCUT2D eigenvalue weighted by molar-refractivity contribution is 0.955. The molecular weight excluding hydrogens is 589 g/mol. The first-order valence-electron chi connectivity index (χ1n) is 14.9. The van der Waals surface area contributed by atoms with Crippen molar-refractivity contribution < 1.29 is 0 Å². The van der Waals surface area contributed by atoms with Gasteiger partial charge in [-0.15, -0.1) is 22.7 Å². The van der Waals surface area contributed by atoms with E-state index in [1.165, 1.54) is 51.1 Å². The number of para-hydroxylation sites is 1. The van der Waals surface area contributed by atoms with Crippen LogP contribution in [-0.4, -0.2) is 19.5 Å². The van der Waals surface area contributed by atoms with E-state index in [0.29, 0.717) is 17.6 Å². The van der Waals surface area contributed by atoms with Gasteiger partial charge in [0.15, 0.2) is 11.6 Å². The molecule has 0 unspecified atom stereocenters. The predicted molar refractivity (Wildman–Crippen MR) is 191 cm³/mol. The first-order chi connectivity index (χ1) is 22.3. The standard InChI is InChI=1S/C39H22N4S2/c1-3-13-23(14-4-1)37-40-38(24-15-5-2-6-16-24)42-39(41-37)43-28-20-10-7-17-25(28)33-34(43)36-32(27-19-9-12-22-30(27)45-36)31-26-18-8-11-21-29(26)44-35(31)33/h1-22H. The maximum Gasteiger partial charge on any atom is 0.238 e. The summed E-state index contributed by atoms with van der Waals surface area (Å²) < 4.78 is 7.41. The van der Waals surface area contributed by atoms with Gasteiger partial charge < -0.3 is 0 Å². The van der Waals surface area contributed by atoms with Crippen molar-refractivity contribution in [2.75, 3.05) is 0 Å². The van der Waals surface area contributed by atoms with Crippen molar-refractivity contribution >= 4 is 84.8 Å². The summed E-state index contributed by atoms with van der Waals surface area (Å²) in [4.78, 5) is 15.4. The molecule has 0 atom stereocenters. The fraction of sp³-hybridized carbons (Fsp3) is 0. The van der Waals surface area contributed by atoms with E-state index >= 15 is 0 Å². The van der Waals surface area contributed by atoms with E-state index in [1.807, 2.05) is 59.1 Å². The third kappa shape index (κ3) is 3.61. The molecule has 0 aliphatic rings. The topological polar surface area (TPSA) is 43.6 Å². The second kappa shape index (κ2) is 9.53. The van der Waals surface area contributed by atoms with E-state index < -0.39 is 0 Å². The Kier molecular flexibility index (Phi) is 5.29. The fourth-order valence-electron chi connectivity index (χ4n) is 6.72. The van der Waals surface area contributed by atoms with Gasteiger partial charge in [-0.1, -0.05) is 115 Å². The Morgan fingerprint density at radius 2 is 0.911 bits per heavy atom. The average molecular weight is 611 g/mol. The lowest BCUT2D eigenvalue weighted by atomic mass is 10.0. The molecule has 10 rings (SSSR count). The van der Waals surface area contributed by atoms with Gasteiger partial charge in [0.1, 0.15) is 0 Å². The minimum Gasteiger partial charge on any atom is -0.276 e. The van der Waals surface area contributed by atoms with E-state index in [0.717, 1.165) is 22.2 Å². The summed E-state index contributed by atoms with van der Waals surface area (Å²) in [7, 11) is 0. The second-order valence-electron chi connectivity index (χ2n) is 11.2. The van der Waals surface area contributed by atoms with E-state index in [1.54, 1.807) is 0 Å². The van der Waals surface area contributed by atoms with Gasteiger partial charge in [-0.3, -0.25) is 4.57 Å². The molecule has 0 N–H and O–H groups in total. The van der Waals surface area contributed by atoms with Crippen LogP contribution < -0.4 is 0 Å². The molecule has 0 aliphatic heterocycles. The van der Waals surface area contributed by atoms with Crippen LogP contribution in [0, 0.1) is 0 Å². The molecule has 10 aromatic rings. The molecule has 0 radical (unpaired) electrons. The molecule has 0 spiro atoms. The smallest absolute Gasteiger partial charge is 0.238 e. The van der Waals surface area contributed by atoms with Gasteiger partial charge >= 0.3 is 0 Å². The summed E-state index contributed by atoms with van der Waals surface area (Å²) in [5, 5.41) is 7.69. The Morgan fingerprint density at radius 1 is 0.422 bits per heavy atom. The van der Waals surface area contributed by atoms with Gasteiger partial charge in [0.05, 0.1) is 15.7 Å². The van der Waals surface area contributed by atoms with Gasteiger partial charge in [0.25, 0.3) is 0 Å². The van der Waals surface area contributed by atoms with E-state index in [-0.39, 0.29) is 0 Å². The third-order valence-electron chi connectivity index (χ3n) is 8.65. The normalized spacial score (nSPS) is 12.0. The summed E-state index contributed by atoms with van der Waals surface area (Å²) in [6.45, 7) is 0. The van der Waals surface area contributed by atoms with Crippen molar-refractivity contribution in [3.63, 3.8) is 0 Å². The van der Waals surface area contributed by atoms with Crippen LogP contribution in [0.15, 0.2) is 133 Å². The Balaban J connectivity index is 1.44. The van der Waals surface area contributed by atoms with Gasteiger partial charge in [-0.2, -0.15) is 9.97 Å². The Hall–Kier alpha value is -5.43. The van der Waals surface area contributed by atoms with E-state index in [2.05, 4.69) is 102 Å². The van der Waals surface area contributed by atoms with Crippen LogP contribution >= 0.6 is 22.7 Å². The minimum absolute atomic E-state index is 0.619. The molecule has 4 heterocycles. The molecule has 0 saturated heterocycles. The monoisotopic (exact) mass is 610 g/mol. The van der Waals surface area contributed by atoms with Crippen LogP contribution in [0.1, 0.15) is 0 Å². The first kappa shape index (κ1) is 25.0. The second-order valence-corrected chi connectivity index (χ2v) is 13.3. The maximum atomic E-state index is 5.20. The number of fused-ring (bicyclic) bond motifs is 12. The van der Waals surface area contributed by atoms with Gasteiger partial charge in [-0.05, 0) is 18.2 Å². The Labute approximate surface area is 265 Å². The molecule has 210 valence electrons. The van der Waals surface area contributed by atoms with Crippen LogP contribution in [0.4, 0.5) is 0 Å². The van der Waals surface area contributed by atoms with Crippen molar-refractivity contribution in [2.45, 2.75) is 0 Å². The molecule has 45 heavy (non-hydrogen) atoms. The third-order valence-corrected chi connectivity index (χ3v) is 11.0. The zero-order valence-corrected chi connectivity index (χ0v) is 25.4. The molecule has 0 fully saturated rings. The minimum atomic E-state index is 0.619.